The molecular formula is C13H13FN4O. The van der Waals surface area contributed by atoms with E-state index in [-0.39, 0.29) is 29.3 Å². The van der Waals surface area contributed by atoms with Crippen LogP contribution in [0, 0.1) is 5.82 Å². The van der Waals surface area contributed by atoms with Crippen molar-refractivity contribution in [2.24, 2.45) is 0 Å². The maximum atomic E-state index is 12.8. The zero-order valence-electron chi connectivity index (χ0n) is 10.3. The summed E-state index contributed by atoms with van der Waals surface area (Å²) < 4.78 is 12.8. The highest BCUT2D eigenvalue weighted by Crippen LogP contribution is 2.13. The normalized spacial score (nSPS) is 11.9. The minimum Gasteiger partial charge on any atom is -0.382 e. The number of carbonyl (C=O) groups is 1. The van der Waals surface area contributed by atoms with E-state index in [2.05, 4.69) is 15.5 Å². The number of benzene rings is 1. The highest BCUT2D eigenvalue weighted by Gasteiger charge is 2.12. The van der Waals surface area contributed by atoms with Crippen molar-refractivity contribution in [3.05, 3.63) is 53.5 Å². The molecule has 2 aromatic rings. The zero-order valence-corrected chi connectivity index (χ0v) is 10.3. The second-order valence-corrected chi connectivity index (χ2v) is 4.09. The number of anilines is 1. The lowest BCUT2D eigenvalue weighted by molar-refractivity contribution is 0.0934. The Morgan fingerprint density at radius 3 is 2.47 bits per heavy atom. The van der Waals surface area contributed by atoms with Crippen LogP contribution >= 0.6 is 0 Å². The van der Waals surface area contributed by atoms with Gasteiger partial charge in [0.05, 0.1) is 6.04 Å². The largest absolute Gasteiger partial charge is 0.382 e. The van der Waals surface area contributed by atoms with E-state index in [0.29, 0.717) is 0 Å². The first kappa shape index (κ1) is 12.9. The Bertz CT molecular complexity index is 568. The van der Waals surface area contributed by atoms with Crippen LogP contribution in [0.25, 0.3) is 0 Å². The summed E-state index contributed by atoms with van der Waals surface area (Å²) >= 11 is 0. The molecule has 1 aromatic heterocycles. The van der Waals surface area contributed by atoms with E-state index in [1.54, 1.807) is 19.1 Å². The fourth-order valence-electron chi connectivity index (χ4n) is 1.57. The number of hydrogen-bond donors (Lipinski definition) is 2. The average molecular weight is 260 g/mol. The third kappa shape index (κ3) is 3.25. The van der Waals surface area contributed by atoms with Crippen molar-refractivity contribution >= 4 is 11.7 Å². The lowest BCUT2D eigenvalue weighted by Crippen LogP contribution is -2.27. The van der Waals surface area contributed by atoms with Gasteiger partial charge in [-0.15, -0.1) is 10.2 Å². The van der Waals surface area contributed by atoms with Gasteiger partial charge in [-0.2, -0.15) is 0 Å². The average Bonchev–Trinajstić information content (AvgIpc) is 2.40. The summed E-state index contributed by atoms with van der Waals surface area (Å²) in [5, 5.41) is 10.0. The third-order valence-corrected chi connectivity index (χ3v) is 2.64. The molecule has 1 atom stereocenters. The van der Waals surface area contributed by atoms with E-state index >= 15 is 0 Å². The Morgan fingerprint density at radius 1 is 1.21 bits per heavy atom. The van der Waals surface area contributed by atoms with Crippen LogP contribution in [0.15, 0.2) is 36.4 Å². The monoisotopic (exact) mass is 260 g/mol. The second kappa shape index (κ2) is 5.43. The second-order valence-electron chi connectivity index (χ2n) is 4.09. The molecule has 0 saturated heterocycles. The molecule has 0 aliphatic carbocycles. The van der Waals surface area contributed by atoms with Crippen LogP contribution < -0.4 is 11.1 Å². The van der Waals surface area contributed by atoms with Gasteiger partial charge in [-0.25, -0.2) is 4.39 Å². The molecule has 19 heavy (non-hydrogen) atoms. The molecule has 3 N–H and O–H groups in total. The molecule has 1 unspecified atom stereocenters. The summed E-state index contributed by atoms with van der Waals surface area (Å²) in [7, 11) is 0. The van der Waals surface area contributed by atoms with Gasteiger partial charge >= 0.3 is 0 Å². The first-order chi connectivity index (χ1) is 9.06. The topological polar surface area (TPSA) is 80.9 Å². The number of hydrogen-bond acceptors (Lipinski definition) is 4. The van der Waals surface area contributed by atoms with E-state index in [1.807, 2.05) is 0 Å². The number of nitrogens with two attached hydrogens (primary N) is 1. The molecule has 2 rings (SSSR count). The van der Waals surface area contributed by atoms with Crippen LogP contribution in [0.1, 0.15) is 29.0 Å². The van der Waals surface area contributed by atoms with Crippen LogP contribution in [0.5, 0.6) is 0 Å². The summed E-state index contributed by atoms with van der Waals surface area (Å²) in [5.74, 6) is -0.417. The van der Waals surface area contributed by atoms with Gasteiger partial charge in [-0.05, 0) is 36.8 Å². The first-order valence-electron chi connectivity index (χ1n) is 5.72. The molecule has 0 aliphatic heterocycles. The Labute approximate surface area is 109 Å². The predicted octanol–water partition coefficient (Wildman–Crippen LogP) is 1.69. The lowest BCUT2D eigenvalue weighted by atomic mass is 10.1. The van der Waals surface area contributed by atoms with Gasteiger partial charge in [0, 0.05) is 0 Å². The van der Waals surface area contributed by atoms with E-state index < -0.39 is 0 Å². The van der Waals surface area contributed by atoms with E-state index in [9.17, 15) is 9.18 Å². The van der Waals surface area contributed by atoms with Crippen LogP contribution in [-0.4, -0.2) is 16.1 Å². The van der Waals surface area contributed by atoms with Crippen LogP contribution in [-0.2, 0) is 0 Å². The summed E-state index contributed by atoms with van der Waals surface area (Å²) in [5.41, 5.74) is 6.38. The minimum absolute atomic E-state index is 0.183. The van der Waals surface area contributed by atoms with Gasteiger partial charge < -0.3 is 11.1 Å². The molecule has 0 fully saturated rings. The summed E-state index contributed by atoms with van der Waals surface area (Å²) in [6.45, 7) is 1.80. The number of aromatic nitrogens is 2. The highest BCUT2D eigenvalue weighted by atomic mass is 19.1. The highest BCUT2D eigenvalue weighted by molar-refractivity contribution is 5.92. The third-order valence-electron chi connectivity index (χ3n) is 2.64. The number of carbonyl (C=O) groups excluding carboxylic acids is 1. The number of nitrogens with one attached hydrogen (secondary N) is 1. The van der Waals surface area contributed by atoms with Crippen molar-refractivity contribution in [2.75, 3.05) is 5.73 Å². The molecule has 0 bridgehead atoms. The van der Waals surface area contributed by atoms with Crippen LogP contribution in [0.2, 0.25) is 0 Å². The Balaban J connectivity index is 2.06. The van der Waals surface area contributed by atoms with Gasteiger partial charge in [-0.3, -0.25) is 4.79 Å². The molecule has 0 radical (unpaired) electrons. The van der Waals surface area contributed by atoms with Gasteiger partial charge in [-0.1, -0.05) is 12.1 Å². The SMILES string of the molecule is CC(NC(=O)c1ccc(N)nn1)c1ccc(F)cc1. The molecule has 1 aromatic carbocycles. The first-order valence-corrected chi connectivity index (χ1v) is 5.72. The maximum absolute atomic E-state index is 12.8. The summed E-state index contributed by atoms with van der Waals surface area (Å²) in [6, 6.07) is 8.68. The number of nitrogens with zero attached hydrogens (tertiary/aromatic N) is 2. The molecule has 0 aliphatic rings. The molecule has 0 saturated carbocycles. The minimum atomic E-state index is -0.357. The van der Waals surface area contributed by atoms with Crippen molar-refractivity contribution in [3.8, 4) is 0 Å². The van der Waals surface area contributed by atoms with Crippen molar-refractivity contribution in [2.45, 2.75) is 13.0 Å². The van der Waals surface area contributed by atoms with Crippen molar-refractivity contribution in [3.63, 3.8) is 0 Å². The predicted molar refractivity (Wildman–Crippen MR) is 68.7 cm³/mol. The molecule has 1 heterocycles. The van der Waals surface area contributed by atoms with Crippen molar-refractivity contribution in [1.29, 1.82) is 0 Å². The van der Waals surface area contributed by atoms with E-state index in [1.165, 1.54) is 24.3 Å². The standard InChI is InChI=1S/C13H13FN4O/c1-8(9-2-4-10(14)5-3-9)16-13(19)11-6-7-12(15)18-17-11/h2-8H,1H3,(H2,15,18)(H,16,19). The number of rotatable bonds is 3. The Kier molecular flexibility index (Phi) is 3.70. The fourth-order valence-corrected chi connectivity index (χ4v) is 1.57. The van der Waals surface area contributed by atoms with Gasteiger partial charge in [0.2, 0.25) is 0 Å². The summed E-state index contributed by atoms with van der Waals surface area (Å²) in [4.78, 5) is 11.9. The van der Waals surface area contributed by atoms with Crippen LogP contribution in [0.4, 0.5) is 10.2 Å². The smallest absolute Gasteiger partial charge is 0.272 e. The number of nitrogen functional groups attached to an aromatic ring is 1. The van der Waals surface area contributed by atoms with Crippen molar-refractivity contribution < 1.29 is 9.18 Å². The Hall–Kier alpha value is -2.50. The quantitative estimate of drug-likeness (QED) is 0.880. The van der Waals surface area contributed by atoms with Gasteiger partial charge in [0.1, 0.15) is 11.6 Å². The molecule has 1 amide bonds. The zero-order chi connectivity index (χ0) is 13.8. The molecule has 5 nitrogen and oxygen atoms in total. The van der Waals surface area contributed by atoms with Crippen molar-refractivity contribution in [1.82, 2.24) is 15.5 Å². The number of halogens is 1. The van der Waals surface area contributed by atoms with Crippen LogP contribution in [0.3, 0.4) is 0 Å². The van der Waals surface area contributed by atoms with E-state index in [4.69, 9.17) is 5.73 Å². The maximum Gasteiger partial charge on any atom is 0.272 e. The molecule has 6 heteroatoms. The Morgan fingerprint density at radius 2 is 1.89 bits per heavy atom. The van der Waals surface area contributed by atoms with Gasteiger partial charge in [0.25, 0.3) is 5.91 Å². The molecule has 0 spiro atoms. The lowest BCUT2D eigenvalue weighted by Gasteiger charge is -2.13. The van der Waals surface area contributed by atoms with Gasteiger partial charge in [0.15, 0.2) is 5.69 Å². The van der Waals surface area contributed by atoms with E-state index in [0.717, 1.165) is 5.56 Å². The fraction of sp³-hybridized carbons (Fsp3) is 0.154. The number of amides is 1. The molecular weight excluding hydrogens is 247 g/mol. The molecule has 98 valence electrons. The summed E-state index contributed by atoms with van der Waals surface area (Å²) in [6.07, 6.45) is 0.